The fourth-order valence-corrected chi connectivity index (χ4v) is 4.55. The van der Waals surface area contributed by atoms with Gasteiger partial charge in [-0.1, -0.05) is 30.3 Å². The van der Waals surface area contributed by atoms with E-state index < -0.39 is 5.63 Å². The van der Waals surface area contributed by atoms with Crippen molar-refractivity contribution >= 4 is 34.2 Å². The third-order valence-corrected chi connectivity index (χ3v) is 6.17. The highest BCUT2D eigenvalue weighted by Gasteiger charge is 2.19. The Kier molecular flexibility index (Phi) is 6.68. The van der Waals surface area contributed by atoms with E-state index >= 15 is 0 Å². The Labute approximate surface area is 199 Å². The number of ether oxygens (including phenoxy) is 1. The molecule has 4 rings (SSSR count). The average molecular weight is 467 g/mol. The molecule has 2 aromatic heterocycles. The molecule has 0 saturated heterocycles. The van der Waals surface area contributed by atoms with Crippen LogP contribution in [0.1, 0.15) is 38.2 Å². The lowest BCUT2D eigenvalue weighted by molar-refractivity contribution is 0.101. The number of Topliss-reactive ketones (excluding diaryl/α,β-unsaturated/α-hetero) is 1. The molecule has 0 amide bonds. The van der Waals surface area contributed by atoms with Crippen molar-refractivity contribution in [1.82, 2.24) is 0 Å². The second-order valence-corrected chi connectivity index (χ2v) is 8.69. The Bertz CT molecular complexity index is 1530. The van der Waals surface area contributed by atoms with Crippen LogP contribution in [0.5, 0.6) is 5.75 Å². The second-order valence-electron chi connectivity index (χ2n) is 7.49. The zero-order chi connectivity index (χ0) is 24.1. The van der Waals surface area contributed by atoms with Crippen LogP contribution in [0.25, 0.3) is 17.0 Å². The highest BCUT2D eigenvalue weighted by molar-refractivity contribution is 7.12. The molecule has 34 heavy (non-hydrogen) atoms. The summed E-state index contributed by atoms with van der Waals surface area (Å²) >= 11 is 1.34. The Morgan fingerprint density at radius 1 is 1.09 bits per heavy atom. The molecule has 6 nitrogen and oxygen atoms in total. The van der Waals surface area contributed by atoms with Gasteiger partial charge in [0, 0.05) is 33.2 Å². The molecule has 4 aromatic rings. The maximum absolute atomic E-state index is 12.9. The monoisotopic (exact) mass is 466 g/mol. The lowest BCUT2D eigenvalue weighted by atomic mass is 9.98. The molecule has 0 atom stereocenters. The fourth-order valence-electron chi connectivity index (χ4n) is 3.59. The van der Waals surface area contributed by atoms with Crippen LogP contribution in [0.4, 0.5) is 0 Å². The lowest BCUT2D eigenvalue weighted by Gasteiger charge is -2.11. The Morgan fingerprint density at radius 3 is 2.56 bits per heavy atom. The minimum atomic E-state index is -0.585. The summed E-state index contributed by atoms with van der Waals surface area (Å²) in [7, 11) is 0. The SMILES string of the molecule is CC(=O)c1c(Cc2ccc(C=C(C#N)C#N)s2)c(=O)oc2cc(OCc3ccccc3)ccc12. The van der Waals surface area contributed by atoms with Gasteiger partial charge in [-0.05, 0) is 42.8 Å². The van der Waals surface area contributed by atoms with Gasteiger partial charge in [0.05, 0.1) is 5.56 Å². The van der Waals surface area contributed by atoms with Gasteiger partial charge in [-0.25, -0.2) is 4.79 Å². The third-order valence-electron chi connectivity index (χ3n) is 5.13. The quantitative estimate of drug-likeness (QED) is 0.198. The number of nitrogens with zero attached hydrogens (tertiary/aromatic N) is 2. The largest absolute Gasteiger partial charge is 0.489 e. The molecule has 0 aliphatic heterocycles. The number of hydrogen-bond acceptors (Lipinski definition) is 7. The number of carbonyl (C=O) groups excluding carboxylic acids is 1. The maximum atomic E-state index is 12.9. The van der Waals surface area contributed by atoms with Crippen molar-refractivity contribution in [2.45, 2.75) is 20.0 Å². The molecule has 0 N–H and O–H groups in total. The molecular weight excluding hydrogens is 448 g/mol. The van der Waals surface area contributed by atoms with Gasteiger partial charge in [-0.15, -0.1) is 11.3 Å². The van der Waals surface area contributed by atoms with E-state index in [0.29, 0.717) is 28.2 Å². The van der Waals surface area contributed by atoms with Gasteiger partial charge in [0.15, 0.2) is 5.78 Å². The Hall–Kier alpha value is -4.46. The second kappa shape index (κ2) is 9.99. The number of hydrogen-bond donors (Lipinski definition) is 0. The number of nitriles is 2. The summed E-state index contributed by atoms with van der Waals surface area (Å²) in [5.41, 5.74) is 1.29. The van der Waals surface area contributed by atoms with Crippen LogP contribution in [0.15, 0.2) is 75.4 Å². The Morgan fingerprint density at radius 2 is 1.85 bits per heavy atom. The van der Waals surface area contributed by atoms with Crippen molar-refractivity contribution in [3.05, 3.63) is 103 Å². The van der Waals surface area contributed by atoms with Crippen LogP contribution in [0.2, 0.25) is 0 Å². The Balaban J connectivity index is 1.67. The van der Waals surface area contributed by atoms with Crippen molar-refractivity contribution in [3.63, 3.8) is 0 Å². The molecule has 0 bridgehead atoms. The summed E-state index contributed by atoms with van der Waals surface area (Å²) in [6, 6.07) is 22.0. The van der Waals surface area contributed by atoms with Crippen LogP contribution in [-0.4, -0.2) is 5.78 Å². The van der Waals surface area contributed by atoms with Crippen molar-refractivity contribution in [1.29, 1.82) is 10.5 Å². The first-order chi connectivity index (χ1) is 16.5. The molecule has 0 fully saturated rings. The normalized spacial score (nSPS) is 10.3. The molecule has 0 spiro atoms. The highest BCUT2D eigenvalue weighted by Crippen LogP contribution is 2.28. The number of thiophene rings is 1. The summed E-state index contributed by atoms with van der Waals surface area (Å²) in [5.74, 6) is 0.293. The topological polar surface area (TPSA) is 104 Å². The van der Waals surface area contributed by atoms with E-state index in [2.05, 4.69) is 0 Å². The summed E-state index contributed by atoms with van der Waals surface area (Å²) < 4.78 is 11.4. The molecule has 2 aromatic carbocycles. The summed E-state index contributed by atoms with van der Waals surface area (Å²) in [4.78, 5) is 26.9. The number of ketones is 1. The zero-order valence-electron chi connectivity index (χ0n) is 18.2. The van der Waals surface area contributed by atoms with Gasteiger partial charge in [0.1, 0.15) is 35.7 Å². The molecule has 0 radical (unpaired) electrons. The third kappa shape index (κ3) is 4.96. The molecule has 2 heterocycles. The molecule has 0 unspecified atom stereocenters. The molecule has 7 heteroatoms. The number of rotatable bonds is 7. The van der Waals surface area contributed by atoms with Crippen LogP contribution in [0.3, 0.4) is 0 Å². The van der Waals surface area contributed by atoms with Gasteiger partial charge in [0.25, 0.3) is 0 Å². The van der Waals surface area contributed by atoms with E-state index in [-0.39, 0.29) is 28.9 Å². The zero-order valence-corrected chi connectivity index (χ0v) is 19.0. The molecule has 0 aliphatic carbocycles. The fraction of sp³-hybridized carbons (Fsp3) is 0.111. The van der Waals surface area contributed by atoms with Gasteiger partial charge >= 0.3 is 5.63 Å². The summed E-state index contributed by atoms with van der Waals surface area (Å²) in [6.45, 7) is 1.79. The van der Waals surface area contributed by atoms with E-state index in [1.807, 2.05) is 42.5 Å². The van der Waals surface area contributed by atoms with Crippen molar-refractivity contribution < 1.29 is 13.9 Å². The minimum Gasteiger partial charge on any atom is -0.489 e. The van der Waals surface area contributed by atoms with Crippen molar-refractivity contribution in [2.75, 3.05) is 0 Å². The number of carbonyl (C=O) groups is 1. The standard InChI is InChI=1S/C27H18N2O4S/c1-17(30)26-23-10-7-20(32-16-18-5-3-2-4-6-18)12-25(23)33-27(31)24(26)13-22-9-8-21(34-22)11-19(14-28)15-29/h2-12H,13,16H2,1H3. The van der Waals surface area contributed by atoms with Gasteiger partial charge < -0.3 is 9.15 Å². The van der Waals surface area contributed by atoms with E-state index in [4.69, 9.17) is 19.7 Å². The molecular formula is C27H18N2O4S. The number of benzene rings is 2. The molecule has 0 aliphatic rings. The minimum absolute atomic E-state index is 0.00617. The van der Waals surface area contributed by atoms with E-state index in [1.165, 1.54) is 24.3 Å². The first-order valence-corrected chi connectivity index (χ1v) is 11.2. The maximum Gasteiger partial charge on any atom is 0.340 e. The van der Waals surface area contributed by atoms with Crippen molar-refractivity contribution in [3.8, 4) is 17.9 Å². The van der Waals surface area contributed by atoms with E-state index in [0.717, 1.165) is 10.4 Å². The van der Waals surface area contributed by atoms with Gasteiger partial charge in [-0.3, -0.25) is 4.79 Å². The first-order valence-electron chi connectivity index (χ1n) is 10.4. The van der Waals surface area contributed by atoms with E-state index in [1.54, 1.807) is 30.3 Å². The van der Waals surface area contributed by atoms with Crippen LogP contribution in [0, 0.1) is 22.7 Å². The van der Waals surface area contributed by atoms with Gasteiger partial charge in [-0.2, -0.15) is 10.5 Å². The molecule has 0 saturated carbocycles. The first kappa shape index (κ1) is 22.7. The van der Waals surface area contributed by atoms with Gasteiger partial charge in [0.2, 0.25) is 0 Å². The lowest BCUT2D eigenvalue weighted by Crippen LogP contribution is -2.14. The number of allylic oxidation sites excluding steroid dienone is 1. The molecule has 166 valence electrons. The smallest absolute Gasteiger partial charge is 0.340 e. The van der Waals surface area contributed by atoms with Crippen LogP contribution in [-0.2, 0) is 13.0 Å². The van der Waals surface area contributed by atoms with Crippen LogP contribution >= 0.6 is 11.3 Å². The van der Waals surface area contributed by atoms with E-state index in [9.17, 15) is 9.59 Å². The summed E-state index contributed by atoms with van der Waals surface area (Å²) in [5, 5.41) is 18.4. The van der Waals surface area contributed by atoms with Crippen LogP contribution < -0.4 is 10.4 Å². The predicted molar refractivity (Wildman–Crippen MR) is 130 cm³/mol. The average Bonchev–Trinajstić information content (AvgIpc) is 3.28. The highest BCUT2D eigenvalue weighted by atomic mass is 32.1. The van der Waals surface area contributed by atoms with Crippen molar-refractivity contribution in [2.24, 2.45) is 0 Å². The predicted octanol–water partition coefficient (Wildman–Crippen LogP) is 5.66. The summed E-state index contributed by atoms with van der Waals surface area (Å²) in [6.07, 6.45) is 1.69. The number of fused-ring (bicyclic) bond motifs is 1.